The van der Waals surface area contributed by atoms with Crippen LogP contribution in [0.2, 0.25) is 0 Å². The van der Waals surface area contributed by atoms with Crippen molar-refractivity contribution in [1.29, 1.82) is 0 Å². The van der Waals surface area contributed by atoms with E-state index in [2.05, 4.69) is 66.4 Å². The van der Waals surface area contributed by atoms with E-state index in [1.54, 1.807) is 0 Å². The minimum absolute atomic E-state index is 0.475. The SMILES string of the molecule is CC(C)NCc1cn(CCN2CC(C)N(C)C(C)C2)nn1. The van der Waals surface area contributed by atoms with E-state index in [0.29, 0.717) is 18.1 Å². The fourth-order valence-corrected chi connectivity index (χ4v) is 2.78. The molecule has 1 aromatic rings. The van der Waals surface area contributed by atoms with Crippen molar-refractivity contribution in [2.24, 2.45) is 0 Å². The molecule has 2 atom stereocenters. The molecule has 0 aromatic carbocycles. The van der Waals surface area contributed by atoms with Gasteiger partial charge in [-0.15, -0.1) is 5.10 Å². The Labute approximate surface area is 128 Å². The Morgan fingerprint density at radius 1 is 1.24 bits per heavy atom. The van der Waals surface area contributed by atoms with E-state index in [9.17, 15) is 0 Å². The standard InChI is InChI=1S/C15H30N6/c1-12(2)16-8-15-11-21(18-17-15)7-6-20-9-13(3)19(5)14(4)10-20/h11-14,16H,6-10H2,1-5H3. The summed E-state index contributed by atoms with van der Waals surface area (Å²) in [7, 11) is 2.22. The number of likely N-dealkylation sites (N-methyl/N-ethyl adjacent to an activating group) is 1. The van der Waals surface area contributed by atoms with Gasteiger partial charge in [0.05, 0.1) is 12.2 Å². The van der Waals surface area contributed by atoms with Gasteiger partial charge in [0.1, 0.15) is 0 Å². The molecule has 120 valence electrons. The van der Waals surface area contributed by atoms with Crippen LogP contribution < -0.4 is 5.32 Å². The normalized spacial score (nSPS) is 24.9. The molecule has 21 heavy (non-hydrogen) atoms. The molecule has 1 saturated heterocycles. The van der Waals surface area contributed by atoms with E-state index in [4.69, 9.17) is 0 Å². The zero-order valence-corrected chi connectivity index (χ0v) is 14.1. The van der Waals surface area contributed by atoms with Crippen molar-refractivity contribution in [2.45, 2.75) is 58.9 Å². The maximum Gasteiger partial charge on any atom is 0.0964 e. The van der Waals surface area contributed by atoms with E-state index in [-0.39, 0.29) is 0 Å². The van der Waals surface area contributed by atoms with Crippen LogP contribution in [0.5, 0.6) is 0 Å². The Hall–Kier alpha value is -0.980. The van der Waals surface area contributed by atoms with Crippen LogP contribution in [0.15, 0.2) is 6.20 Å². The number of nitrogens with one attached hydrogen (secondary N) is 1. The molecule has 2 heterocycles. The van der Waals surface area contributed by atoms with Gasteiger partial charge in [-0.3, -0.25) is 14.5 Å². The first-order chi connectivity index (χ1) is 9.95. The second-order valence-electron chi connectivity index (χ2n) is 6.63. The van der Waals surface area contributed by atoms with Crippen molar-refractivity contribution in [2.75, 3.05) is 26.7 Å². The fraction of sp³-hybridized carbons (Fsp3) is 0.867. The average molecular weight is 294 g/mol. The van der Waals surface area contributed by atoms with Gasteiger partial charge in [0.25, 0.3) is 0 Å². The van der Waals surface area contributed by atoms with Crippen LogP contribution in [-0.4, -0.2) is 69.6 Å². The molecule has 0 bridgehead atoms. The molecule has 0 saturated carbocycles. The minimum atomic E-state index is 0.475. The van der Waals surface area contributed by atoms with Crippen LogP contribution in [0.25, 0.3) is 0 Å². The third-order valence-electron chi connectivity index (χ3n) is 4.36. The number of piperazine rings is 1. The van der Waals surface area contributed by atoms with Crippen LogP contribution in [0.1, 0.15) is 33.4 Å². The third-order valence-corrected chi connectivity index (χ3v) is 4.36. The van der Waals surface area contributed by atoms with Crippen molar-refractivity contribution in [3.05, 3.63) is 11.9 Å². The zero-order chi connectivity index (χ0) is 15.4. The van der Waals surface area contributed by atoms with Gasteiger partial charge in [-0.25, -0.2) is 0 Å². The van der Waals surface area contributed by atoms with Gasteiger partial charge in [0, 0.05) is 50.5 Å². The highest BCUT2D eigenvalue weighted by molar-refractivity contribution is 4.92. The minimum Gasteiger partial charge on any atom is -0.309 e. The number of hydrogen-bond donors (Lipinski definition) is 1. The summed E-state index contributed by atoms with van der Waals surface area (Å²) in [4.78, 5) is 4.99. The first kappa shape index (κ1) is 16.4. The van der Waals surface area contributed by atoms with Crippen LogP contribution in [0.3, 0.4) is 0 Å². The quantitative estimate of drug-likeness (QED) is 0.841. The lowest BCUT2D eigenvalue weighted by atomic mass is 10.1. The lowest BCUT2D eigenvalue weighted by Crippen LogP contribution is -2.55. The van der Waals surface area contributed by atoms with Gasteiger partial charge in [-0.05, 0) is 20.9 Å². The molecule has 6 nitrogen and oxygen atoms in total. The summed E-state index contributed by atoms with van der Waals surface area (Å²) in [6.45, 7) is 13.9. The second-order valence-corrected chi connectivity index (χ2v) is 6.63. The van der Waals surface area contributed by atoms with E-state index in [1.807, 2.05) is 4.68 Å². The molecule has 1 N–H and O–H groups in total. The lowest BCUT2D eigenvalue weighted by Gasteiger charge is -2.42. The summed E-state index contributed by atoms with van der Waals surface area (Å²) >= 11 is 0. The molecule has 0 spiro atoms. The van der Waals surface area contributed by atoms with Crippen molar-refractivity contribution >= 4 is 0 Å². The van der Waals surface area contributed by atoms with Gasteiger partial charge in [0.2, 0.25) is 0 Å². The summed E-state index contributed by atoms with van der Waals surface area (Å²) in [6, 6.07) is 1.72. The molecule has 1 fully saturated rings. The highest BCUT2D eigenvalue weighted by Crippen LogP contribution is 2.12. The van der Waals surface area contributed by atoms with Crippen LogP contribution in [-0.2, 0) is 13.1 Å². The molecule has 1 aliphatic heterocycles. The first-order valence-corrected chi connectivity index (χ1v) is 8.02. The zero-order valence-electron chi connectivity index (χ0n) is 14.1. The maximum atomic E-state index is 4.22. The average Bonchev–Trinajstić information content (AvgIpc) is 2.88. The topological polar surface area (TPSA) is 49.2 Å². The molecule has 0 radical (unpaired) electrons. The summed E-state index contributed by atoms with van der Waals surface area (Å²) in [5, 5.41) is 11.8. The van der Waals surface area contributed by atoms with Crippen molar-refractivity contribution < 1.29 is 0 Å². The van der Waals surface area contributed by atoms with Gasteiger partial charge < -0.3 is 5.32 Å². The highest BCUT2D eigenvalue weighted by Gasteiger charge is 2.25. The largest absolute Gasteiger partial charge is 0.309 e. The molecule has 1 aliphatic rings. The Morgan fingerprint density at radius 2 is 1.90 bits per heavy atom. The van der Waals surface area contributed by atoms with E-state index in [0.717, 1.165) is 38.4 Å². The van der Waals surface area contributed by atoms with Gasteiger partial charge in [-0.1, -0.05) is 19.1 Å². The number of aromatic nitrogens is 3. The lowest BCUT2D eigenvalue weighted by molar-refractivity contribution is 0.0574. The molecule has 2 unspecified atom stereocenters. The van der Waals surface area contributed by atoms with Crippen molar-refractivity contribution in [1.82, 2.24) is 30.1 Å². The fourth-order valence-electron chi connectivity index (χ4n) is 2.78. The molecule has 2 rings (SSSR count). The van der Waals surface area contributed by atoms with Crippen LogP contribution >= 0.6 is 0 Å². The highest BCUT2D eigenvalue weighted by atomic mass is 15.4. The number of nitrogens with zero attached hydrogens (tertiary/aromatic N) is 5. The predicted octanol–water partition coefficient (Wildman–Crippen LogP) is 0.801. The molecule has 1 aromatic heterocycles. The summed E-state index contributed by atoms with van der Waals surface area (Å²) in [5.74, 6) is 0. The van der Waals surface area contributed by atoms with Crippen LogP contribution in [0.4, 0.5) is 0 Å². The van der Waals surface area contributed by atoms with E-state index >= 15 is 0 Å². The van der Waals surface area contributed by atoms with Crippen molar-refractivity contribution in [3.8, 4) is 0 Å². The Kier molecular flexibility index (Phi) is 5.72. The summed E-state index contributed by atoms with van der Waals surface area (Å²) in [5.41, 5.74) is 1.02. The maximum absolute atomic E-state index is 4.22. The van der Waals surface area contributed by atoms with E-state index in [1.165, 1.54) is 0 Å². The van der Waals surface area contributed by atoms with Gasteiger partial charge in [-0.2, -0.15) is 0 Å². The van der Waals surface area contributed by atoms with E-state index < -0.39 is 0 Å². The third kappa shape index (κ3) is 4.76. The first-order valence-electron chi connectivity index (χ1n) is 8.02. The number of hydrogen-bond acceptors (Lipinski definition) is 5. The Morgan fingerprint density at radius 3 is 2.52 bits per heavy atom. The molecule has 0 amide bonds. The van der Waals surface area contributed by atoms with Crippen molar-refractivity contribution in [3.63, 3.8) is 0 Å². The molecular weight excluding hydrogens is 264 g/mol. The second kappa shape index (κ2) is 7.33. The smallest absolute Gasteiger partial charge is 0.0964 e. The Balaban J connectivity index is 1.78. The Bertz CT molecular complexity index is 418. The summed E-state index contributed by atoms with van der Waals surface area (Å²) < 4.78 is 1.96. The predicted molar refractivity (Wildman–Crippen MR) is 85.1 cm³/mol. The summed E-state index contributed by atoms with van der Waals surface area (Å²) in [6.07, 6.45) is 2.05. The molecule has 0 aliphatic carbocycles. The number of rotatable bonds is 6. The van der Waals surface area contributed by atoms with Gasteiger partial charge in [0.15, 0.2) is 0 Å². The molecule has 6 heteroatoms. The van der Waals surface area contributed by atoms with Crippen LogP contribution in [0, 0.1) is 0 Å². The monoisotopic (exact) mass is 294 g/mol. The molecular formula is C15H30N6. The van der Waals surface area contributed by atoms with Gasteiger partial charge >= 0.3 is 0 Å².